The maximum atomic E-state index is 12.4. The molecule has 2 aromatic heterocycles. The first-order valence-corrected chi connectivity index (χ1v) is 10.7. The average Bonchev–Trinajstić information content (AvgIpc) is 3.36. The maximum absolute atomic E-state index is 12.4. The van der Waals surface area contributed by atoms with E-state index in [-0.39, 0.29) is 11.8 Å². The second-order valence-electron chi connectivity index (χ2n) is 7.53. The van der Waals surface area contributed by atoms with Crippen LogP contribution in [-0.4, -0.2) is 44.3 Å². The number of anilines is 1. The van der Waals surface area contributed by atoms with E-state index in [9.17, 15) is 9.59 Å². The SMILES string of the molecule is CCN(CC)C(=O)Cn1ccc2cc(NC(=O)CCc3nc4ccccc4[nH]3)ccc21. The number of aromatic nitrogens is 3. The van der Waals surface area contributed by atoms with Gasteiger partial charge in [-0.25, -0.2) is 4.98 Å². The Morgan fingerprint density at radius 3 is 2.68 bits per heavy atom. The predicted molar refractivity (Wildman–Crippen MR) is 123 cm³/mol. The molecule has 7 nitrogen and oxygen atoms in total. The highest BCUT2D eigenvalue weighted by atomic mass is 16.2. The lowest BCUT2D eigenvalue weighted by Crippen LogP contribution is -2.33. The molecule has 0 saturated heterocycles. The van der Waals surface area contributed by atoms with E-state index < -0.39 is 0 Å². The Kier molecular flexibility index (Phi) is 6.02. The Balaban J connectivity index is 1.38. The van der Waals surface area contributed by atoms with Crippen molar-refractivity contribution in [1.82, 2.24) is 19.4 Å². The summed E-state index contributed by atoms with van der Waals surface area (Å²) in [6.45, 7) is 5.70. The van der Waals surface area contributed by atoms with Crippen molar-refractivity contribution < 1.29 is 9.59 Å². The number of H-pyrrole nitrogens is 1. The quantitative estimate of drug-likeness (QED) is 0.455. The smallest absolute Gasteiger partial charge is 0.242 e. The van der Waals surface area contributed by atoms with E-state index >= 15 is 0 Å². The molecule has 7 heteroatoms. The van der Waals surface area contributed by atoms with Crippen molar-refractivity contribution in [3.63, 3.8) is 0 Å². The van der Waals surface area contributed by atoms with E-state index in [1.165, 1.54) is 0 Å². The Bertz CT molecular complexity index is 1190. The van der Waals surface area contributed by atoms with Crippen LogP contribution in [0.1, 0.15) is 26.1 Å². The summed E-state index contributed by atoms with van der Waals surface area (Å²) < 4.78 is 1.95. The molecule has 0 bridgehead atoms. The number of hydrogen-bond donors (Lipinski definition) is 2. The van der Waals surface area contributed by atoms with Gasteiger partial charge in [0, 0.05) is 48.7 Å². The fourth-order valence-corrected chi connectivity index (χ4v) is 3.82. The van der Waals surface area contributed by atoms with E-state index in [0.717, 1.165) is 33.4 Å². The van der Waals surface area contributed by atoms with Gasteiger partial charge in [-0.1, -0.05) is 12.1 Å². The summed E-state index contributed by atoms with van der Waals surface area (Å²) in [5.74, 6) is 0.850. The number of carbonyl (C=O) groups excluding carboxylic acids is 2. The third-order valence-electron chi connectivity index (χ3n) is 5.50. The highest BCUT2D eigenvalue weighted by Gasteiger charge is 2.12. The van der Waals surface area contributed by atoms with Gasteiger partial charge in [0.25, 0.3) is 0 Å². The zero-order valence-corrected chi connectivity index (χ0v) is 17.9. The standard InChI is InChI=1S/C24H27N5O2/c1-3-28(4-2)24(31)16-29-14-13-17-15-18(9-10-21(17)29)25-23(30)12-11-22-26-19-7-5-6-8-20(19)27-22/h5-10,13-15H,3-4,11-12,16H2,1-2H3,(H,25,30)(H,26,27). The van der Waals surface area contributed by atoms with E-state index in [2.05, 4.69) is 15.3 Å². The third-order valence-corrected chi connectivity index (χ3v) is 5.50. The number of hydrogen-bond acceptors (Lipinski definition) is 3. The number of benzene rings is 2. The Morgan fingerprint density at radius 1 is 1.10 bits per heavy atom. The van der Waals surface area contributed by atoms with Crippen molar-refractivity contribution in [2.45, 2.75) is 33.2 Å². The summed E-state index contributed by atoms with van der Waals surface area (Å²) in [5, 5.41) is 3.95. The molecule has 0 unspecified atom stereocenters. The first-order valence-electron chi connectivity index (χ1n) is 10.7. The van der Waals surface area contributed by atoms with Crippen molar-refractivity contribution in [1.29, 1.82) is 0 Å². The van der Waals surface area contributed by atoms with Gasteiger partial charge in [0.05, 0.1) is 11.0 Å². The molecule has 160 valence electrons. The molecule has 0 aliphatic heterocycles. The minimum atomic E-state index is -0.0593. The molecule has 0 atom stereocenters. The molecule has 2 amide bonds. The van der Waals surface area contributed by atoms with Gasteiger partial charge in [0.2, 0.25) is 11.8 Å². The first kappa shape index (κ1) is 20.7. The number of likely N-dealkylation sites (N-methyl/N-ethyl adjacent to an activating group) is 1. The number of aromatic amines is 1. The van der Waals surface area contributed by atoms with Crippen molar-refractivity contribution in [2.75, 3.05) is 18.4 Å². The number of nitrogens with zero attached hydrogens (tertiary/aromatic N) is 3. The lowest BCUT2D eigenvalue weighted by molar-refractivity contribution is -0.131. The third kappa shape index (κ3) is 4.60. The van der Waals surface area contributed by atoms with Gasteiger partial charge in [-0.3, -0.25) is 9.59 Å². The molecule has 4 rings (SSSR count). The van der Waals surface area contributed by atoms with Crippen molar-refractivity contribution in [2.24, 2.45) is 0 Å². The first-order chi connectivity index (χ1) is 15.1. The number of nitrogens with one attached hydrogen (secondary N) is 2. The Morgan fingerprint density at radius 2 is 1.90 bits per heavy atom. The van der Waals surface area contributed by atoms with Crippen molar-refractivity contribution in [3.05, 3.63) is 60.6 Å². The van der Waals surface area contributed by atoms with Crippen molar-refractivity contribution in [3.8, 4) is 0 Å². The van der Waals surface area contributed by atoms with Gasteiger partial charge in [-0.15, -0.1) is 0 Å². The highest BCUT2D eigenvalue weighted by molar-refractivity contribution is 5.94. The maximum Gasteiger partial charge on any atom is 0.242 e. The molecule has 4 aromatic rings. The molecule has 0 fully saturated rings. The number of aryl methyl sites for hydroxylation is 1. The molecule has 0 aliphatic rings. The predicted octanol–water partition coefficient (Wildman–Crippen LogP) is 3.96. The fourth-order valence-electron chi connectivity index (χ4n) is 3.82. The summed E-state index contributed by atoms with van der Waals surface area (Å²) in [6, 6.07) is 15.6. The lowest BCUT2D eigenvalue weighted by Gasteiger charge is -2.19. The number of para-hydroxylation sites is 2. The number of carbonyl (C=O) groups is 2. The number of rotatable bonds is 8. The second kappa shape index (κ2) is 9.04. The van der Waals surface area contributed by atoms with Gasteiger partial charge in [-0.2, -0.15) is 0 Å². The molecular formula is C24H27N5O2. The molecule has 2 N–H and O–H groups in total. The van der Waals surface area contributed by atoms with E-state index in [1.54, 1.807) is 0 Å². The monoisotopic (exact) mass is 417 g/mol. The van der Waals surface area contributed by atoms with Gasteiger partial charge in [0.15, 0.2) is 0 Å². The van der Waals surface area contributed by atoms with Crippen LogP contribution in [0.25, 0.3) is 21.9 Å². The summed E-state index contributed by atoms with van der Waals surface area (Å²) in [7, 11) is 0. The minimum Gasteiger partial charge on any atom is -0.342 e. The van der Waals surface area contributed by atoms with Crippen molar-refractivity contribution >= 4 is 39.4 Å². The molecule has 31 heavy (non-hydrogen) atoms. The topological polar surface area (TPSA) is 83.0 Å². The van der Waals surface area contributed by atoms with Gasteiger partial charge in [-0.05, 0) is 50.2 Å². The van der Waals surface area contributed by atoms with Crippen LogP contribution in [0.5, 0.6) is 0 Å². The lowest BCUT2D eigenvalue weighted by atomic mass is 10.2. The molecule has 0 saturated carbocycles. The molecule has 0 aliphatic carbocycles. The largest absolute Gasteiger partial charge is 0.342 e. The van der Waals surface area contributed by atoms with E-state index in [4.69, 9.17) is 0 Å². The van der Waals surface area contributed by atoms with Gasteiger partial charge >= 0.3 is 0 Å². The molecule has 2 heterocycles. The van der Waals surface area contributed by atoms with Crippen LogP contribution in [0.15, 0.2) is 54.7 Å². The molecule has 0 spiro atoms. The van der Waals surface area contributed by atoms with Crippen LogP contribution >= 0.6 is 0 Å². The Hall–Kier alpha value is -3.61. The summed E-state index contributed by atoms with van der Waals surface area (Å²) >= 11 is 0. The highest BCUT2D eigenvalue weighted by Crippen LogP contribution is 2.21. The van der Waals surface area contributed by atoms with Crippen LogP contribution in [0, 0.1) is 0 Å². The minimum absolute atomic E-state index is 0.0593. The van der Waals surface area contributed by atoms with Crippen LogP contribution in [-0.2, 0) is 22.6 Å². The average molecular weight is 418 g/mol. The molecule has 0 radical (unpaired) electrons. The van der Waals surface area contributed by atoms with E-state index in [1.807, 2.05) is 78.0 Å². The zero-order chi connectivity index (χ0) is 21.8. The number of imidazole rings is 1. The van der Waals surface area contributed by atoms with E-state index in [0.29, 0.717) is 32.5 Å². The summed E-state index contributed by atoms with van der Waals surface area (Å²) in [6.07, 6.45) is 2.81. The van der Waals surface area contributed by atoms with Gasteiger partial charge < -0.3 is 19.8 Å². The number of fused-ring (bicyclic) bond motifs is 2. The second-order valence-corrected chi connectivity index (χ2v) is 7.53. The summed E-state index contributed by atoms with van der Waals surface area (Å²) in [5.41, 5.74) is 3.61. The number of amides is 2. The molecular weight excluding hydrogens is 390 g/mol. The van der Waals surface area contributed by atoms with Gasteiger partial charge in [0.1, 0.15) is 12.4 Å². The summed E-state index contributed by atoms with van der Waals surface area (Å²) in [4.78, 5) is 34.4. The zero-order valence-electron chi connectivity index (χ0n) is 17.9. The fraction of sp³-hybridized carbons (Fsp3) is 0.292. The van der Waals surface area contributed by atoms with Crippen LogP contribution < -0.4 is 5.32 Å². The molecule has 2 aromatic carbocycles. The van der Waals surface area contributed by atoms with Crippen LogP contribution in [0.2, 0.25) is 0 Å². The normalized spacial score (nSPS) is 11.2. The van der Waals surface area contributed by atoms with Crippen LogP contribution in [0.3, 0.4) is 0 Å². The van der Waals surface area contributed by atoms with Crippen LogP contribution in [0.4, 0.5) is 5.69 Å². The Labute approximate surface area is 181 Å².